The lowest BCUT2D eigenvalue weighted by Crippen LogP contribution is -2.55. The Morgan fingerprint density at radius 2 is 1.93 bits per heavy atom. The topological polar surface area (TPSA) is 110 Å². The molecule has 2 aromatic carbocycles. The summed E-state index contributed by atoms with van der Waals surface area (Å²) in [6.45, 7) is 7.38. The highest BCUT2D eigenvalue weighted by Crippen LogP contribution is 2.31. The molecular weight excluding hydrogens is 553 g/mol. The fraction of sp³-hybridized carbons (Fsp3) is 0.438. The molecule has 10 heteroatoms. The van der Waals surface area contributed by atoms with Crippen LogP contribution in [0.5, 0.6) is 0 Å². The van der Waals surface area contributed by atoms with E-state index in [1.165, 1.54) is 12.1 Å². The molecule has 0 bridgehead atoms. The van der Waals surface area contributed by atoms with E-state index in [9.17, 15) is 23.6 Å². The summed E-state index contributed by atoms with van der Waals surface area (Å²) < 4.78 is 19.7. The Morgan fingerprint density at radius 3 is 2.64 bits per heavy atom. The van der Waals surface area contributed by atoms with Gasteiger partial charge in [-0.05, 0) is 67.1 Å². The van der Waals surface area contributed by atoms with Gasteiger partial charge in [0, 0.05) is 45.2 Å². The second-order valence-corrected chi connectivity index (χ2v) is 17.6. The number of nitrogens with zero attached hydrogens (tertiary/aromatic N) is 2. The van der Waals surface area contributed by atoms with E-state index in [1.54, 1.807) is 23.1 Å². The average molecular weight is 592 g/mol. The number of carbonyl (C=O) groups is 4. The number of fused-ring (bicyclic) bond motifs is 1. The molecule has 4 amide bonds. The van der Waals surface area contributed by atoms with Gasteiger partial charge < -0.3 is 15.4 Å². The van der Waals surface area contributed by atoms with E-state index in [2.05, 4.69) is 31.5 Å². The molecule has 2 aliphatic heterocycles. The van der Waals surface area contributed by atoms with Gasteiger partial charge in [-0.25, -0.2) is 4.39 Å². The summed E-state index contributed by atoms with van der Waals surface area (Å²) in [5.41, 5.74) is 7.91. The Bertz CT molecular complexity index is 1440. The number of amides is 4. The number of halogens is 1. The van der Waals surface area contributed by atoms with Crippen LogP contribution in [0.4, 0.5) is 4.39 Å². The first-order valence-corrected chi connectivity index (χ1v) is 18.1. The van der Waals surface area contributed by atoms with Crippen LogP contribution in [-0.2, 0) is 27.3 Å². The van der Waals surface area contributed by atoms with Crippen molar-refractivity contribution in [2.75, 3.05) is 13.3 Å². The number of imide groups is 1. The number of carbonyl (C=O) groups excluding carboxylic acids is 4. The zero-order chi connectivity index (χ0) is 30.4. The van der Waals surface area contributed by atoms with Crippen LogP contribution < -0.4 is 5.73 Å². The van der Waals surface area contributed by atoms with E-state index in [0.29, 0.717) is 31.4 Å². The van der Waals surface area contributed by atoms with Crippen LogP contribution in [-0.4, -0.2) is 60.9 Å². The summed E-state index contributed by atoms with van der Waals surface area (Å²) in [7, 11) is -1.30. The number of ether oxygens (including phenoxy) is 1. The Kier molecular flexibility index (Phi) is 9.96. The standard InChI is InChI=1S/C32H38FN3O5Si/c1-42(2,3)18-17-41-21-36-29(37)16-15-28(32(36)40)35-20-26-23(11-8-12-24(26)31(35)39)10-7-5-4-6-9-22-13-14-25(30(34)38)27(33)19-22/h8,11-14,19,28H,4-6,9,15-18,20-21H2,1-3H3,(H2,34,38). The van der Waals surface area contributed by atoms with Crippen molar-refractivity contribution < 1.29 is 28.3 Å². The number of unbranched alkanes of at least 4 members (excludes halogenated alkanes) is 2. The van der Waals surface area contributed by atoms with E-state index in [1.807, 2.05) is 6.07 Å². The van der Waals surface area contributed by atoms with Gasteiger partial charge in [-0.1, -0.05) is 43.6 Å². The van der Waals surface area contributed by atoms with Crippen molar-refractivity contribution in [1.82, 2.24) is 9.80 Å². The Hall–Kier alpha value is -3.81. The molecule has 1 atom stereocenters. The van der Waals surface area contributed by atoms with Crippen LogP contribution in [0.25, 0.3) is 0 Å². The molecule has 0 saturated carbocycles. The molecule has 0 radical (unpaired) electrons. The van der Waals surface area contributed by atoms with E-state index in [-0.39, 0.29) is 37.1 Å². The van der Waals surface area contributed by atoms with E-state index >= 15 is 0 Å². The third-order valence-electron chi connectivity index (χ3n) is 7.61. The van der Waals surface area contributed by atoms with Gasteiger partial charge in [0.1, 0.15) is 18.6 Å². The minimum absolute atomic E-state index is 0.0853. The highest BCUT2D eigenvalue weighted by molar-refractivity contribution is 6.76. The van der Waals surface area contributed by atoms with Crippen molar-refractivity contribution >= 4 is 31.7 Å². The van der Waals surface area contributed by atoms with Crippen molar-refractivity contribution in [1.29, 1.82) is 0 Å². The average Bonchev–Trinajstić information content (AvgIpc) is 3.26. The van der Waals surface area contributed by atoms with Gasteiger partial charge in [0.15, 0.2) is 0 Å². The van der Waals surface area contributed by atoms with Gasteiger partial charge in [0.05, 0.1) is 5.56 Å². The molecule has 2 aromatic rings. The van der Waals surface area contributed by atoms with Crippen LogP contribution in [0.3, 0.4) is 0 Å². The van der Waals surface area contributed by atoms with E-state index in [0.717, 1.165) is 40.5 Å². The zero-order valence-electron chi connectivity index (χ0n) is 24.5. The molecule has 0 spiro atoms. The maximum absolute atomic E-state index is 14.0. The number of benzene rings is 2. The number of nitrogens with two attached hydrogens (primary N) is 1. The molecule has 0 aromatic heterocycles. The third kappa shape index (κ3) is 7.52. The first-order valence-electron chi connectivity index (χ1n) is 14.4. The second kappa shape index (κ2) is 13.4. The summed E-state index contributed by atoms with van der Waals surface area (Å²) >= 11 is 0. The molecule has 1 fully saturated rings. The lowest BCUT2D eigenvalue weighted by Gasteiger charge is -2.35. The predicted molar refractivity (Wildman–Crippen MR) is 160 cm³/mol. The third-order valence-corrected chi connectivity index (χ3v) is 9.32. The predicted octanol–water partition coefficient (Wildman–Crippen LogP) is 4.47. The molecule has 222 valence electrons. The lowest BCUT2D eigenvalue weighted by atomic mass is 10.0. The highest BCUT2D eigenvalue weighted by Gasteiger charge is 2.43. The summed E-state index contributed by atoms with van der Waals surface area (Å²) in [5.74, 6) is 4.07. The first kappa shape index (κ1) is 31.1. The fourth-order valence-corrected chi connectivity index (χ4v) is 5.87. The van der Waals surface area contributed by atoms with Crippen molar-refractivity contribution in [3.63, 3.8) is 0 Å². The first-order chi connectivity index (χ1) is 20.0. The summed E-state index contributed by atoms with van der Waals surface area (Å²) in [6, 6.07) is 10.1. The van der Waals surface area contributed by atoms with Crippen molar-refractivity contribution in [2.24, 2.45) is 5.73 Å². The summed E-state index contributed by atoms with van der Waals surface area (Å²) in [6.07, 6.45) is 3.34. The molecule has 2 N–H and O–H groups in total. The number of hydrogen-bond donors (Lipinski definition) is 1. The maximum atomic E-state index is 14.0. The Balaban J connectivity index is 1.33. The summed E-state index contributed by atoms with van der Waals surface area (Å²) in [4.78, 5) is 53.0. The molecule has 8 nitrogen and oxygen atoms in total. The van der Waals surface area contributed by atoms with Gasteiger partial charge in [0.2, 0.25) is 5.91 Å². The van der Waals surface area contributed by atoms with E-state index in [4.69, 9.17) is 10.5 Å². The van der Waals surface area contributed by atoms with Crippen LogP contribution in [0.2, 0.25) is 25.7 Å². The van der Waals surface area contributed by atoms with Gasteiger partial charge in [-0.3, -0.25) is 24.1 Å². The van der Waals surface area contributed by atoms with Gasteiger partial charge in [0.25, 0.3) is 17.7 Å². The molecular formula is C32H38FN3O5Si. The number of hydrogen-bond acceptors (Lipinski definition) is 5. The summed E-state index contributed by atoms with van der Waals surface area (Å²) in [5, 5.41) is 0. The SMILES string of the molecule is C[Si](C)(C)CCOCN1C(=O)CCC(N2Cc3c(C#CCCCCc4ccc(C(N)=O)c(F)c4)cccc3C2=O)C1=O. The molecule has 1 saturated heterocycles. The zero-order valence-corrected chi connectivity index (χ0v) is 25.5. The fourth-order valence-electron chi connectivity index (χ4n) is 5.12. The number of rotatable bonds is 11. The molecule has 2 aliphatic rings. The monoisotopic (exact) mass is 591 g/mol. The van der Waals surface area contributed by atoms with Gasteiger partial charge in [-0.2, -0.15) is 0 Å². The molecule has 1 unspecified atom stereocenters. The van der Waals surface area contributed by atoms with Crippen molar-refractivity contribution in [3.05, 3.63) is 70.0 Å². The minimum atomic E-state index is -1.30. The molecule has 4 rings (SSSR count). The number of primary amides is 1. The molecule has 42 heavy (non-hydrogen) atoms. The second-order valence-electron chi connectivity index (χ2n) is 12.0. The quantitative estimate of drug-likeness (QED) is 0.179. The van der Waals surface area contributed by atoms with Crippen molar-refractivity contribution in [2.45, 2.75) is 76.8 Å². The highest BCUT2D eigenvalue weighted by atomic mass is 28.3. The number of aryl methyl sites for hydroxylation is 1. The van der Waals surface area contributed by atoms with Crippen LogP contribution in [0.15, 0.2) is 36.4 Å². The van der Waals surface area contributed by atoms with Crippen molar-refractivity contribution in [3.8, 4) is 11.8 Å². The van der Waals surface area contributed by atoms with Gasteiger partial charge >= 0.3 is 0 Å². The smallest absolute Gasteiger partial charge is 0.255 e. The van der Waals surface area contributed by atoms with Gasteiger partial charge in [-0.15, -0.1) is 0 Å². The minimum Gasteiger partial charge on any atom is -0.366 e. The van der Waals surface area contributed by atoms with Crippen LogP contribution in [0.1, 0.15) is 69.5 Å². The van der Waals surface area contributed by atoms with Crippen LogP contribution in [0, 0.1) is 17.7 Å². The largest absolute Gasteiger partial charge is 0.366 e. The Labute approximate surface area is 247 Å². The number of piperidine rings is 1. The number of likely N-dealkylation sites (tertiary alicyclic amines) is 1. The molecule has 0 aliphatic carbocycles. The van der Waals surface area contributed by atoms with Crippen LogP contribution >= 0.6 is 0 Å². The Morgan fingerprint density at radius 1 is 1.14 bits per heavy atom. The van der Waals surface area contributed by atoms with E-state index < -0.39 is 31.7 Å². The molecule has 2 heterocycles. The normalized spacial score (nSPS) is 16.9. The maximum Gasteiger partial charge on any atom is 0.255 e. The lowest BCUT2D eigenvalue weighted by molar-refractivity contribution is -0.158.